The fourth-order valence-electron chi connectivity index (χ4n) is 1.48. The minimum Gasteiger partial charge on any atom is -0.371 e. The molecule has 0 atom stereocenters. The van der Waals surface area contributed by atoms with E-state index in [4.69, 9.17) is 0 Å². The summed E-state index contributed by atoms with van der Waals surface area (Å²) in [4.78, 5) is 6.24. The van der Waals surface area contributed by atoms with Crippen LogP contribution in [0.1, 0.15) is 12.8 Å². The van der Waals surface area contributed by atoms with Crippen LogP contribution in [0.3, 0.4) is 0 Å². The monoisotopic (exact) mass is 147 g/mol. The molecule has 0 aliphatic carbocycles. The lowest BCUT2D eigenvalue weighted by Crippen LogP contribution is -2.17. The highest BCUT2D eigenvalue weighted by atomic mass is 15.1. The van der Waals surface area contributed by atoms with Crippen molar-refractivity contribution in [3.8, 4) is 0 Å². The highest BCUT2D eigenvalue weighted by Crippen LogP contribution is 2.17. The van der Waals surface area contributed by atoms with Gasteiger partial charge in [-0.1, -0.05) is 0 Å². The van der Waals surface area contributed by atoms with Crippen molar-refractivity contribution in [1.82, 2.24) is 4.98 Å². The van der Waals surface area contributed by atoms with E-state index in [0.717, 1.165) is 0 Å². The average molecular weight is 147 g/mol. The van der Waals surface area contributed by atoms with Crippen molar-refractivity contribution in [3.63, 3.8) is 0 Å². The Morgan fingerprint density at radius 2 is 2.18 bits per heavy atom. The van der Waals surface area contributed by atoms with E-state index in [1.807, 2.05) is 12.1 Å². The third-order valence-electron chi connectivity index (χ3n) is 2.08. The van der Waals surface area contributed by atoms with Crippen molar-refractivity contribution in [2.75, 3.05) is 18.0 Å². The first-order chi connectivity index (χ1) is 5.47. The summed E-state index contributed by atoms with van der Waals surface area (Å²) in [5.74, 6) is 0. The smallest absolute Gasteiger partial charge is 0.0907 e. The molecule has 1 radical (unpaired) electrons. The Morgan fingerprint density at radius 3 is 2.82 bits per heavy atom. The van der Waals surface area contributed by atoms with Gasteiger partial charge in [-0.05, 0) is 25.0 Å². The number of pyridine rings is 1. The summed E-state index contributed by atoms with van der Waals surface area (Å²) in [5.41, 5.74) is 1.26. The molecule has 2 rings (SSSR count). The SMILES string of the molecule is [c]1cc(N2CCCC2)ccn1. The molecule has 0 N–H and O–H groups in total. The first kappa shape index (κ1) is 6.65. The molecule has 1 aliphatic heterocycles. The van der Waals surface area contributed by atoms with E-state index in [2.05, 4.69) is 16.1 Å². The van der Waals surface area contributed by atoms with Gasteiger partial charge in [0.15, 0.2) is 0 Å². The van der Waals surface area contributed by atoms with Crippen molar-refractivity contribution in [2.45, 2.75) is 12.8 Å². The van der Waals surface area contributed by atoms with Gasteiger partial charge >= 0.3 is 0 Å². The molecule has 0 saturated carbocycles. The molecule has 1 aromatic heterocycles. The summed E-state index contributed by atoms with van der Waals surface area (Å²) in [6, 6.07) is 3.99. The second kappa shape index (κ2) is 2.91. The van der Waals surface area contributed by atoms with Gasteiger partial charge in [-0.15, -0.1) is 0 Å². The van der Waals surface area contributed by atoms with Gasteiger partial charge in [-0.3, -0.25) is 4.98 Å². The van der Waals surface area contributed by atoms with Gasteiger partial charge in [0.2, 0.25) is 0 Å². The molecule has 1 saturated heterocycles. The Hall–Kier alpha value is -1.05. The van der Waals surface area contributed by atoms with Crippen LogP contribution in [0.2, 0.25) is 0 Å². The summed E-state index contributed by atoms with van der Waals surface area (Å²) >= 11 is 0. The molecule has 0 aromatic carbocycles. The first-order valence-electron chi connectivity index (χ1n) is 4.04. The summed E-state index contributed by atoms with van der Waals surface area (Å²) in [7, 11) is 0. The van der Waals surface area contributed by atoms with Gasteiger partial charge < -0.3 is 4.90 Å². The second-order valence-electron chi connectivity index (χ2n) is 2.84. The molecule has 0 amide bonds. The number of hydrogen-bond acceptors (Lipinski definition) is 2. The summed E-state index contributed by atoms with van der Waals surface area (Å²) in [6.07, 6.45) is 7.29. The van der Waals surface area contributed by atoms with Crippen molar-refractivity contribution in [3.05, 3.63) is 24.5 Å². The van der Waals surface area contributed by atoms with Gasteiger partial charge in [0.05, 0.1) is 6.20 Å². The predicted molar refractivity (Wildman–Crippen MR) is 44.5 cm³/mol. The van der Waals surface area contributed by atoms with Crippen LogP contribution in [0.4, 0.5) is 5.69 Å². The molecule has 0 unspecified atom stereocenters. The Kier molecular flexibility index (Phi) is 1.76. The maximum absolute atomic E-state index is 3.87. The van der Waals surface area contributed by atoms with Crippen LogP contribution >= 0.6 is 0 Å². The molecule has 1 aliphatic rings. The molecule has 1 aromatic rings. The maximum Gasteiger partial charge on any atom is 0.0907 e. The van der Waals surface area contributed by atoms with E-state index in [9.17, 15) is 0 Å². The zero-order valence-corrected chi connectivity index (χ0v) is 6.45. The lowest BCUT2D eigenvalue weighted by atomic mass is 10.4. The second-order valence-corrected chi connectivity index (χ2v) is 2.84. The molecular formula is C9H11N2. The lowest BCUT2D eigenvalue weighted by molar-refractivity contribution is 0.949. The number of rotatable bonds is 1. The Bertz CT molecular complexity index is 214. The van der Waals surface area contributed by atoms with Gasteiger partial charge in [0.1, 0.15) is 0 Å². The average Bonchev–Trinajstić information content (AvgIpc) is 2.58. The van der Waals surface area contributed by atoms with Crippen LogP contribution in [0.25, 0.3) is 0 Å². The van der Waals surface area contributed by atoms with Gasteiger partial charge in [-0.25, -0.2) is 0 Å². The van der Waals surface area contributed by atoms with E-state index < -0.39 is 0 Å². The van der Waals surface area contributed by atoms with Gasteiger partial charge in [0, 0.05) is 25.0 Å². The topological polar surface area (TPSA) is 16.1 Å². The maximum atomic E-state index is 3.87. The van der Waals surface area contributed by atoms with E-state index in [-0.39, 0.29) is 0 Å². The summed E-state index contributed by atoms with van der Waals surface area (Å²) in [6.45, 7) is 2.38. The quantitative estimate of drug-likeness (QED) is 0.598. The van der Waals surface area contributed by atoms with Crippen LogP contribution < -0.4 is 4.90 Å². The number of nitrogens with zero attached hydrogens (tertiary/aromatic N) is 2. The minimum absolute atomic E-state index is 1.19. The van der Waals surface area contributed by atoms with Crippen LogP contribution in [0.15, 0.2) is 18.3 Å². The van der Waals surface area contributed by atoms with Crippen molar-refractivity contribution in [2.24, 2.45) is 0 Å². The standard InChI is InChI=1S/C9H11N2/c1-2-8-11(7-1)9-3-5-10-6-4-9/h3-5H,1-2,7-8H2. The zero-order valence-electron chi connectivity index (χ0n) is 6.45. The Labute approximate surface area is 66.9 Å². The molecule has 57 valence electrons. The Morgan fingerprint density at radius 1 is 1.36 bits per heavy atom. The largest absolute Gasteiger partial charge is 0.371 e. The van der Waals surface area contributed by atoms with Crippen LogP contribution in [-0.2, 0) is 0 Å². The van der Waals surface area contributed by atoms with Crippen molar-refractivity contribution < 1.29 is 0 Å². The van der Waals surface area contributed by atoms with Gasteiger partial charge in [0.25, 0.3) is 0 Å². The van der Waals surface area contributed by atoms with E-state index in [1.54, 1.807) is 6.20 Å². The summed E-state index contributed by atoms with van der Waals surface area (Å²) < 4.78 is 0. The van der Waals surface area contributed by atoms with Gasteiger partial charge in [-0.2, -0.15) is 0 Å². The first-order valence-corrected chi connectivity index (χ1v) is 4.04. The van der Waals surface area contributed by atoms with Crippen molar-refractivity contribution >= 4 is 5.69 Å². The fourth-order valence-corrected chi connectivity index (χ4v) is 1.48. The molecule has 2 nitrogen and oxygen atoms in total. The normalized spacial score (nSPS) is 17.3. The lowest BCUT2D eigenvalue weighted by Gasteiger charge is -2.16. The van der Waals surface area contributed by atoms with Crippen molar-refractivity contribution in [1.29, 1.82) is 0 Å². The number of aromatic nitrogens is 1. The molecule has 0 spiro atoms. The third-order valence-corrected chi connectivity index (χ3v) is 2.08. The molecule has 2 heterocycles. The molecule has 0 bridgehead atoms. The highest BCUT2D eigenvalue weighted by molar-refractivity contribution is 5.44. The minimum atomic E-state index is 1.19. The predicted octanol–water partition coefficient (Wildman–Crippen LogP) is 1.48. The van der Waals surface area contributed by atoms with Crippen LogP contribution in [0, 0.1) is 6.20 Å². The number of anilines is 1. The number of hydrogen-bond donors (Lipinski definition) is 0. The Balaban J connectivity index is 2.16. The van der Waals surface area contributed by atoms with E-state index in [1.165, 1.54) is 31.6 Å². The fraction of sp³-hybridized carbons (Fsp3) is 0.444. The summed E-state index contributed by atoms with van der Waals surface area (Å²) in [5, 5.41) is 0. The molecular weight excluding hydrogens is 136 g/mol. The van der Waals surface area contributed by atoms with E-state index >= 15 is 0 Å². The third kappa shape index (κ3) is 1.34. The zero-order chi connectivity index (χ0) is 7.52. The molecule has 11 heavy (non-hydrogen) atoms. The van der Waals surface area contributed by atoms with Crippen LogP contribution in [-0.4, -0.2) is 18.1 Å². The highest BCUT2D eigenvalue weighted by Gasteiger charge is 2.10. The molecule has 2 heteroatoms. The molecule has 1 fully saturated rings. The van der Waals surface area contributed by atoms with Crippen LogP contribution in [0.5, 0.6) is 0 Å². The van der Waals surface area contributed by atoms with E-state index in [0.29, 0.717) is 0 Å².